The summed E-state index contributed by atoms with van der Waals surface area (Å²) in [5.41, 5.74) is 6.57. The Bertz CT molecular complexity index is 515. The standard InChI is InChI=1S/C12H11BrClNOS/c13-9-4-5-17-11(9)7-16-12-8(6-15)2-1-3-10(12)14/h1-5H,6-7,15H2. The first kappa shape index (κ1) is 12.9. The van der Waals surface area contributed by atoms with E-state index < -0.39 is 0 Å². The normalized spacial score (nSPS) is 10.5. The minimum absolute atomic E-state index is 0.418. The molecule has 0 aliphatic heterocycles. The van der Waals surface area contributed by atoms with Gasteiger partial charge in [0, 0.05) is 16.6 Å². The van der Waals surface area contributed by atoms with Crippen molar-refractivity contribution >= 4 is 38.9 Å². The molecule has 0 fully saturated rings. The van der Waals surface area contributed by atoms with Gasteiger partial charge in [0.05, 0.1) is 9.90 Å². The molecular weight excluding hydrogens is 322 g/mol. The van der Waals surface area contributed by atoms with Crippen LogP contribution in [-0.2, 0) is 13.2 Å². The van der Waals surface area contributed by atoms with Crippen LogP contribution < -0.4 is 10.5 Å². The van der Waals surface area contributed by atoms with E-state index in [1.165, 1.54) is 0 Å². The maximum atomic E-state index is 6.10. The quantitative estimate of drug-likeness (QED) is 0.910. The van der Waals surface area contributed by atoms with Crippen LogP contribution in [0.5, 0.6) is 5.75 Å². The largest absolute Gasteiger partial charge is 0.486 e. The van der Waals surface area contributed by atoms with Gasteiger partial charge in [0.1, 0.15) is 12.4 Å². The minimum atomic E-state index is 0.418. The van der Waals surface area contributed by atoms with Crippen LogP contribution in [0.15, 0.2) is 34.1 Å². The number of rotatable bonds is 4. The van der Waals surface area contributed by atoms with Gasteiger partial charge in [0.15, 0.2) is 0 Å². The number of thiophene rings is 1. The molecule has 5 heteroatoms. The van der Waals surface area contributed by atoms with E-state index in [2.05, 4.69) is 15.9 Å². The number of ether oxygens (including phenoxy) is 1. The summed E-state index contributed by atoms with van der Waals surface area (Å²) in [5.74, 6) is 0.678. The van der Waals surface area contributed by atoms with Crippen molar-refractivity contribution in [2.75, 3.05) is 0 Å². The molecule has 1 aromatic heterocycles. The molecule has 0 spiro atoms. The minimum Gasteiger partial charge on any atom is -0.486 e. The monoisotopic (exact) mass is 331 g/mol. The van der Waals surface area contributed by atoms with E-state index in [9.17, 15) is 0 Å². The van der Waals surface area contributed by atoms with Gasteiger partial charge in [-0.15, -0.1) is 11.3 Å². The molecule has 0 bridgehead atoms. The van der Waals surface area contributed by atoms with Crippen molar-refractivity contribution in [1.82, 2.24) is 0 Å². The number of nitrogens with two attached hydrogens (primary N) is 1. The first-order valence-corrected chi connectivity index (χ1v) is 7.09. The van der Waals surface area contributed by atoms with Gasteiger partial charge in [-0.05, 0) is 33.4 Å². The molecule has 0 atom stereocenters. The Morgan fingerprint density at radius 1 is 1.35 bits per heavy atom. The molecule has 2 nitrogen and oxygen atoms in total. The molecule has 0 unspecified atom stereocenters. The van der Waals surface area contributed by atoms with E-state index in [4.69, 9.17) is 22.1 Å². The van der Waals surface area contributed by atoms with Crippen molar-refractivity contribution < 1.29 is 4.74 Å². The SMILES string of the molecule is NCc1cccc(Cl)c1OCc1sccc1Br. The summed E-state index contributed by atoms with van der Waals surface area (Å²) in [4.78, 5) is 1.13. The van der Waals surface area contributed by atoms with Gasteiger partial charge in [-0.3, -0.25) is 0 Å². The average Bonchev–Trinajstić information content (AvgIpc) is 2.73. The summed E-state index contributed by atoms with van der Waals surface area (Å²) in [6.45, 7) is 0.913. The van der Waals surface area contributed by atoms with Crippen molar-refractivity contribution in [3.8, 4) is 5.75 Å². The molecular formula is C12H11BrClNOS. The topological polar surface area (TPSA) is 35.2 Å². The average molecular weight is 333 g/mol. The Balaban J connectivity index is 2.16. The fourth-order valence-corrected chi connectivity index (χ4v) is 3.07. The van der Waals surface area contributed by atoms with E-state index in [1.807, 2.05) is 23.6 Å². The zero-order valence-electron chi connectivity index (χ0n) is 8.95. The first-order chi connectivity index (χ1) is 8.22. The smallest absolute Gasteiger partial charge is 0.142 e. The van der Waals surface area contributed by atoms with Gasteiger partial charge < -0.3 is 10.5 Å². The summed E-state index contributed by atoms with van der Waals surface area (Å²) >= 11 is 11.2. The van der Waals surface area contributed by atoms with E-state index in [0.717, 1.165) is 14.9 Å². The maximum Gasteiger partial charge on any atom is 0.142 e. The van der Waals surface area contributed by atoms with Crippen molar-refractivity contribution in [3.05, 3.63) is 49.6 Å². The molecule has 0 radical (unpaired) electrons. The highest BCUT2D eigenvalue weighted by Gasteiger charge is 2.09. The molecule has 0 saturated heterocycles. The Morgan fingerprint density at radius 2 is 2.18 bits per heavy atom. The van der Waals surface area contributed by atoms with Crippen molar-refractivity contribution in [3.63, 3.8) is 0 Å². The second kappa shape index (κ2) is 5.87. The van der Waals surface area contributed by atoms with Gasteiger partial charge in [-0.25, -0.2) is 0 Å². The van der Waals surface area contributed by atoms with Gasteiger partial charge in [0.25, 0.3) is 0 Å². The lowest BCUT2D eigenvalue weighted by Gasteiger charge is -2.11. The maximum absolute atomic E-state index is 6.10. The summed E-state index contributed by atoms with van der Waals surface area (Å²) in [5, 5.41) is 2.61. The summed E-state index contributed by atoms with van der Waals surface area (Å²) in [6, 6.07) is 7.60. The van der Waals surface area contributed by atoms with E-state index >= 15 is 0 Å². The lowest BCUT2D eigenvalue weighted by atomic mass is 10.2. The van der Waals surface area contributed by atoms with Crippen molar-refractivity contribution in [2.45, 2.75) is 13.2 Å². The number of para-hydroxylation sites is 1. The van der Waals surface area contributed by atoms with Gasteiger partial charge >= 0.3 is 0 Å². The number of hydrogen-bond acceptors (Lipinski definition) is 3. The highest BCUT2D eigenvalue weighted by atomic mass is 79.9. The van der Waals surface area contributed by atoms with Crippen LogP contribution in [0.4, 0.5) is 0 Å². The van der Waals surface area contributed by atoms with Crippen molar-refractivity contribution in [1.29, 1.82) is 0 Å². The van der Waals surface area contributed by atoms with Gasteiger partial charge in [0.2, 0.25) is 0 Å². The molecule has 90 valence electrons. The highest BCUT2D eigenvalue weighted by Crippen LogP contribution is 2.31. The van der Waals surface area contributed by atoms with Crippen LogP contribution in [0, 0.1) is 0 Å². The van der Waals surface area contributed by atoms with Crippen LogP contribution >= 0.6 is 38.9 Å². The number of hydrogen-bond donors (Lipinski definition) is 1. The van der Waals surface area contributed by atoms with Crippen molar-refractivity contribution in [2.24, 2.45) is 5.73 Å². The lowest BCUT2D eigenvalue weighted by Crippen LogP contribution is -2.02. The van der Waals surface area contributed by atoms with Crippen LogP contribution in [0.2, 0.25) is 5.02 Å². The molecule has 0 saturated carbocycles. The third kappa shape index (κ3) is 3.01. The van der Waals surface area contributed by atoms with Crippen LogP contribution in [0.1, 0.15) is 10.4 Å². The van der Waals surface area contributed by atoms with Gasteiger partial charge in [-0.1, -0.05) is 23.7 Å². The second-order valence-electron chi connectivity index (χ2n) is 3.41. The summed E-state index contributed by atoms with van der Waals surface area (Å²) < 4.78 is 6.81. The zero-order valence-corrected chi connectivity index (χ0v) is 12.1. The predicted molar refractivity (Wildman–Crippen MR) is 75.7 cm³/mol. The molecule has 0 aliphatic rings. The first-order valence-electron chi connectivity index (χ1n) is 5.04. The second-order valence-corrected chi connectivity index (χ2v) is 5.67. The Hall–Kier alpha value is -0.550. The number of benzene rings is 1. The third-order valence-corrected chi connectivity index (χ3v) is 4.50. The predicted octanol–water partition coefficient (Wildman–Crippen LogP) is 4.20. The number of halogens is 2. The summed E-state index contributed by atoms with van der Waals surface area (Å²) in [6.07, 6.45) is 0. The molecule has 0 amide bonds. The Morgan fingerprint density at radius 3 is 2.82 bits per heavy atom. The van der Waals surface area contributed by atoms with Crippen LogP contribution in [0.3, 0.4) is 0 Å². The van der Waals surface area contributed by atoms with E-state index in [1.54, 1.807) is 17.4 Å². The van der Waals surface area contributed by atoms with Crippen LogP contribution in [0.25, 0.3) is 0 Å². The summed E-state index contributed by atoms with van der Waals surface area (Å²) in [7, 11) is 0. The molecule has 17 heavy (non-hydrogen) atoms. The van der Waals surface area contributed by atoms with Gasteiger partial charge in [-0.2, -0.15) is 0 Å². The molecule has 2 N–H and O–H groups in total. The fourth-order valence-electron chi connectivity index (χ4n) is 1.44. The van der Waals surface area contributed by atoms with Crippen LogP contribution in [-0.4, -0.2) is 0 Å². The highest BCUT2D eigenvalue weighted by molar-refractivity contribution is 9.10. The molecule has 1 heterocycles. The Kier molecular flexibility index (Phi) is 4.45. The Labute approximate surface area is 117 Å². The molecule has 0 aliphatic carbocycles. The fraction of sp³-hybridized carbons (Fsp3) is 0.167. The molecule has 1 aromatic carbocycles. The molecule has 2 aromatic rings. The zero-order chi connectivity index (χ0) is 12.3. The van der Waals surface area contributed by atoms with E-state index in [-0.39, 0.29) is 0 Å². The molecule has 2 rings (SSSR count). The third-order valence-electron chi connectivity index (χ3n) is 2.31. The lowest BCUT2D eigenvalue weighted by molar-refractivity contribution is 0.306. The van der Waals surface area contributed by atoms with E-state index in [0.29, 0.717) is 23.9 Å².